The fourth-order valence-corrected chi connectivity index (χ4v) is 2.84. The highest BCUT2D eigenvalue weighted by Gasteiger charge is 2.31. The molecule has 2 rings (SSSR count). The summed E-state index contributed by atoms with van der Waals surface area (Å²) >= 11 is 0. The number of hydrogen-bond donors (Lipinski definition) is 2. The fourth-order valence-electron chi connectivity index (χ4n) is 2.84. The Kier molecular flexibility index (Phi) is 5.50. The van der Waals surface area contributed by atoms with E-state index < -0.39 is 6.61 Å². The fraction of sp³-hybridized carbons (Fsp3) is 0.533. The van der Waals surface area contributed by atoms with Crippen LogP contribution in [0.2, 0.25) is 0 Å². The van der Waals surface area contributed by atoms with E-state index in [2.05, 4.69) is 10.1 Å². The van der Waals surface area contributed by atoms with E-state index in [1.165, 1.54) is 6.07 Å². The number of carbonyl (C=O) groups excluding carboxylic acids is 1. The third-order valence-corrected chi connectivity index (χ3v) is 3.94. The van der Waals surface area contributed by atoms with E-state index in [9.17, 15) is 13.6 Å². The highest BCUT2D eigenvalue weighted by molar-refractivity contribution is 5.79. The number of alkyl halides is 2. The molecule has 0 radical (unpaired) electrons. The Labute approximate surface area is 122 Å². The zero-order chi connectivity index (χ0) is 15.2. The molecule has 0 bridgehead atoms. The van der Waals surface area contributed by atoms with Crippen molar-refractivity contribution >= 4 is 5.91 Å². The van der Waals surface area contributed by atoms with Gasteiger partial charge in [0, 0.05) is 18.0 Å². The monoisotopic (exact) mass is 298 g/mol. The summed E-state index contributed by atoms with van der Waals surface area (Å²) in [6, 6.07) is 6.46. The molecule has 1 amide bonds. The standard InChI is InChI=1S/C15H20F2N2O2/c16-15(17)21-13-7-2-1-4-11(13)9-19-14(20)12-6-3-5-10(12)8-18/h1-2,4,7,10,12,15H,3,5-6,8-9,18H2,(H,19,20)/t10-,12-/m1/s1. The summed E-state index contributed by atoms with van der Waals surface area (Å²) in [5, 5.41) is 2.80. The molecule has 1 saturated carbocycles. The van der Waals surface area contributed by atoms with Crippen LogP contribution in [0.25, 0.3) is 0 Å². The quantitative estimate of drug-likeness (QED) is 0.847. The molecule has 0 spiro atoms. The average Bonchev–Trinajstić information content (AvgIpc) is 2.94. The van der Waals surface area contributed by atoms with Gasteiger partial charge in [-0.3, -0.25) is 4.79 Å². The van der Waals surface area contributed by atoms with Gasteiger partial charge in [-0.25, -0.2) is 0 Å². The van der Waals surface area contributed by atoms with Crippen LogP contribution in [-0.4, -0.2) is 19.1 Å². The van der Waals surface area contributed by atoms with Gasteiger partial charge in [0.15, 0.2) is 0 Å². The molecule has 0 unspecified atom stereocenters. The van der Waals surface area contributed by atoms with Crippen LogP contribution in [-0.2, 0) is 11.3 Å². The number of benzene rings is 1. The summed E-state index contributed by atoms with van der Waals surface area (Å²) in [6.07, 6.45) is 2.81. The van der Waals surface area contributed by atoms with Gasteiger partial charge in [-0.1, -0.05) is 24.6 Å². The molecule has 2 atom stereocenters. The van der Waals surface area contributed by atoms with E-state index in [0.29, 0.717) is 12.1 Å². The maximum absolute atomic E-state index is 12.3. The molecule has 0 heterocycles. The number of nitrogens with one attached hydrogen (secondary N) is 1. The Balaban J connectivity index is 1.95. The van der Waals surface area contributed by atoms with Gasteiger partial charge in [0.2, 0.25) is 5.91 Å². The molecule has 1 aliphatic carbocycles. The molecule has 116 valence electrons. The molecular weight excluding hydrogens is 278 g/mol. The molecule has 6 heteroatoms. The van der Waals surface area contributed by atoms with E-state index in [1.54, 1.807) is 18.2 Å². The van der Waals surface area contributed by atoms with E-state index in [-0.39, 0.29) is 30.0 Å². The maximum Gasteiger partial charge on any atom is 0.387 e. The largest absolute Gasteiger partial charge is 0.434 e. The van der Waals surface area contributed by atoms with Crippen LogP contribution < -0.4 is 15.8 Å². The molecule has 0 aromatic heterocycles. The number of halogens is 2. The predicted octanol–water partition coefficient (Wildman–Crippen LogP) is 2.28. The first-order valence-corrected chi connectivity index (χ1v) is 7.12. The molecule has 3 N–H and O–H groups in total. The zero-order valence-corrected chi connectivity index (χ0v) is 11.7. The Morgan fingerprint density at radius 3 is 2.86 bits per heavy atom. The SMILES string of the molecule is NC[C@H]1CCC[C@H]1C(=O)NCc1ccccc1OC(F)F. The van der Waals surface area contributed by atoms with Gasteiger partial charge in [0.1, 0.15) is 5.75 Å². The van der Waals surface area contributed by atoms with Crippen LogP contribution in [0.15, 0.2) is 24.3 Å². The van der Waals surface area contributed by atoms with Gasteiger partial charge in [0.05, 0.1) is 0 Å². The molecule has 1 aromatic rings. The van der Waals surface area contributed by atoms with Crippen molar-refractivity contribution in [3.8, 4) is 5.75 Å². The summed E-state index contributed by atoms with van der Waals surface area (Å²) in [6.45, 7) is -2.20. The minimum absolute atomic E-state index is 0.0604. The lowest BCUT2D eigenvalue weighted by Gasteiger charge is -2.18. The highest BCUT2D eigenvalue weighted by atomic mass is 19.3. The first-order valence-electron chi connectivity index (χ1n) is 7.12. The molecule has 0 saturated heterocycles. The number of rotatable bonds is 6. The molecule has 1 aliphatic rings. The second-order valence-corrected chi connectivity index (χ2v) is 5.24. The first kappa shape index (κ1) is 15.7. The number of nitrogens with two attached hydrogens (primary N) is 1. The molecular formula is C15H20F2N2O2. The lowest BCUT2D eigenvalue weighted by molar-refractivity contribution is -0.126. The Morgan fingerprint density at radius 1 is 1.38 bits per heavy atom. The van der Waals surface area contributed by atoms with Crippen molar-refractivity contribution < 1.29 is 18.3 Å². The maximum atomic E-state index is 12.3. The van der Waals surface area contributed by atoms with Gasteiger partial charge in [-0.15, -0.1) is 0 Å². The molecule has 0 aliphatic heterocycles. The Hall–Kier alpha value is -1.69. The van der Waals surface area contributed by atoms with Crippen molar-refractivity contribution in [1.82, 2.24) is 5.32 Å². The Morgan fingerprint density at radius 2 is 2.14 bits per heavy atom. The third kappa shape index (κ3) is 4.14. The Bertz CT molecular complexity index is 482. The number of carbonyl (C=O) groups is 1. The van der Waals surface area contributed by atoms with Crippen LogP contribution in [0.4, 0.5) is 8.78 Å². The van der Waals surface area contributed by atoms with Crippen LogP contribution in [0, 0.1) is 11.8 Å². The predicted molar refractivity (Wildman–Crippen MR) is 74.8 cm³/mol. The van der Waals surface area contributed by atoms with Crippen molar-refractivity contribution in [2.24, 2.45) is 17.6 Å². The van der Waals surface area contributed by atoms with E-state index in [4.69, 9.17) is 5.73 Å². The minimum Gasteiger partial charge on any atom is -0.434 e. The van der Waals surface area contributed by atoms with Crippen LogP contribution in [0.5, 0.6) is 5.75 Å². The van der Waals surface area contributed by atoms with Crippen molar-refractivity contribution in [3.63, 3.8) is 0 Å². The average molecular weight is 298 g/mol. The summed E-state index contributed by atoms with van der Waals surface area (Å²) < 4.78 is 29.1. The molecule has 21 heavy (non-hydrogen) atoms. The summed E-state index contributed by atoms with van der Waals surface area (Å²) in [5.74, 6) is 0.181. The summed E-state index contributed by atoms with van der Waals surface area (Å²) in [4.78, 5) is 12.2. The van der Waals surface area contributed by atoms with Gasteiger partial charge < -0.3 is 15.8 Å². The lowest BCUT2D eigenvalue weighted by atomic mass is 9.95. The van der Waals surface area contributed by atoms with E-state index in [0.717, 1.165) is 19.3 Å². The van der Waals surface area contributed by atoms with Crippen LogP contribution in [0.3, 0.4) is 0 Å². The van der Waals surface area contributed by atoms with Crippen molar-refractivity contribution in [2.75, 3.05) is 6.54 Å². The smallest absolute Gasteiger partial charge is 0.387 e. The third-order valence-electron chi connectivity index (χ3n) is 3.94. The highest BCUT2D eigenvalue weighted by Crippen LogP contribution is 2.31. The molecule has 4 nitrogen and oxygen atoms in total. The molecule has 1 fully saturated rings. The number of hydrogen-bond acceptors (Lipinski definition) is 3. The van der Waals surface area contributed by atoms with Gasteiger partial charge in [0.25, 0.3) is 0 Å². The first-order chi connectivity index (χ1) is 10.1. The number of amides is 1. The van der Waals surface area contributed by atoms with Crippen molar-refractivity contribution in [1.29, 1.82) is 0 Å². The zero-order valence-electron chi connectivity index (χ0n) is 11.7. The van der Waals surface area contributed by atoms with Crippen molar-refractivity contribution in [2.45, 2.75) is 32.4 Å². The van der Waals surface area contributed by atoms with E-state index in [1.807, 2.05) is 0 Å². The second kappa shape index (κ2) is 7.36. The van der Waals surface area contributed by atoms with Gasteiger partial charge in [-0.05, 0) is 31.4 Å². The van der Waals surface area contributed by atoms with Gasteiger partial charge in [-0.2, -0.15) is 8.78 Å². The number of ether oxygens (including phenoxy) is 1. The number of para-hydroxylation sites is 1. The van der Waals surface area contributed by atoms with Crippen molar-refractivity contribution in [3.05, 3.63) is 29.8 Å². The van der Waals surface area contributed by atoms with Crippen LogP contribution in [0.1, 0.15) is 24.8 Å². The van der Waals surface area contributed by atoms with Gasteiger partial charge >= 0.3 is 6.61 Å². The second-order valence-electron chi connectivity index (χ2n) is 5.24. The topological polar surface area (TPSA) is 64.4 Å². The van der Waals surface area contributed by atoms with Crippen LogP contribution >= 0.6 is 0 Å². The van der Waals surface area contributed by atoms with E-state index >= 15 is 0 Å². The molecule has 1 aromatic carbocycles. The lowest BCUT2D eigenvalue weighted by Crippen LogP contribution is -2.34. The summed E-state index contributed by atoms with van der Waals surface area (Å²) in [5.41, 5.74) is 6.20. The minimum atomic E-state index is -2.88. The summed E-state index contributed by atoms with van der Waals surface area (Å²) in [7, 11) is 0. The normalized spacial score (nSPS) is 21.5.